The zero-order valence-corrected chi connectivity index (χ0v) is 11.2. The van der Waals surface area contributed by atoms with Gasteiger partial charge < -0.3 is 10.1 Å². The number of piperidine rings is 1. The summed E-state index contributed by atoms with van der Waals surface area (Å²) in [5, 5.41) is 3.57. The maximum Gasteiger partial charge on any atom is 0.136 e. The van der Waals surface area contributed by atoms with Gasteiger partial charge in [0.15, 0.2) is 0 Å². The molecule has 88 valence electrons. The molecule has 1 aliphatic heterocycles. The number of para-hydroxylation sites is 1. The van der Waals surface area contributed by atoms with Crippen LogP contribution in [0.2, 0.25) is 0 Å². The summed E-state index contributed by atoms with van der Waals surface area (Å²) in [5.74, 6) is 0.981. The first-order valence-electron chi connectivity index (χ1n) is 5.86. The van der Waals surface area contributed by atoms with Crippen molar-refractivity contribution in [3.8, 4) is 5.75 Å². The van der Waals surface area contributed by atoms with Gasteiger partial charge in [-0.3, -0.25) is 0 Å². The van der Waals surface area contributed by atoms with Gasteiger partial charge in [-0.25, -0.2) is 0 Å². The van der Waals surface area contributed by atoms with Gasteiger partial charge in [0, 0.05) is 6.04 Å². The van der Waals surface area contributed by atoms with E-state index in [0.29, 0.717) is 6.04 Å². The van der Waals surface area contributed by atoms with E-state index in [0.717, 1.165) is 23.2 Å². The standard InChI is InChI=1S/C13H18BrNO/c1-16-13-10(5-4-7-12(13)14)9-11-6-2-3-8-15-11/h4-5,7,11,15H,2-3,6,8-9H2,1H3. The number of benzene rings is 1. The first-order valence-corrected chi connectivity index (χ1v) is 6.65. The Morgan fingerprint density at radius 1 is 1.44 bits per heavy atom. The third kappa shape index (κ3) is 2.77. The third-order valence-electron chi connectivity index (χ3n) is 3.13. The average molecular weight is 284 g/mol. The lowest BCUT2D eigenvalue weighted by molar-refractivity contribution is 0.380. The minimum absolute atomic E-state index is 0.608. The molecule has 1 fully saturated rings. The molecule has 0 amide bonds. The molecule has 16 heavy (non-hydrogen) atoms. The van der Waals surface area contributed by atoms with Crippen LogP contribution < -0.4 is 10.1 Å². The second-order valence-corrected chi connectivity index (χ2v) is 5.14. The lowest BCUT2D eigenvalue weighted by Gasteiger charge is -2.24. The molecule has 1 aromatic carbocycles. The van der Waals surface area contributed by atoms with Crippen LogP contribution >= 0.6 is 15.9 Å². The summed E-state index contributed by atoms with van der Waals surface area (Å²) in [6, 6.07) is 6.86. The van der Waals surface area contributed by atoms with Crippen LogP contribution in [0.5, 0.6) is 5.75 Å². The van der Waals surface area contributed by atoms with Crippen LogP contribution in [0.3, 0.4) is 0 Å². The van der Waals surface area contributed by atoms with Gasteiger partial charge in [-0.1, -0.05) is 18.6 Å². The van der Waals surface area contributed by atoms with Gasteiger partial charge >= 0.3 is 0 Å². The molecule has 0 aliphatic carbocycles. The molecular weight excluding hydrogens is 266 g/mol. The van der Waals surface area contributed by atoms with Crippen molar-refractivity contribution in [1.82, 2.24) is 5.32 Å². The Morgan fingerprint density at radius 3 is 3.00 bits per heavy atom. The zero-order valence-electron chi connectivity index (χ0n) is 9.63. The second-order valence-electron chi connectivity index (χ2n) is 4.28. The SMILES string of the molecule is COc1c(Br)cccc1CC1CCCCN1. The normalized spacial score (nSPS) is 20.8. The summed E-state index contributed by atoms with van der Waals surface area (Å²) in [6.45, 7) is 1.15. The predicted molar refractivity (Wildman–Crippen MR) is 70.0 cm³/mol. The Labute approximate surface area is 106 Å². The molecular formula is C13H18BrNO. The van der Waals surface area contributed by atoms with E-state index < -0.39 is 0 Å². The van der Waals surface area contributed by atoms with Crippen LogP contribution in [0.15, 0.2) is 22.7 Å². The Kier molecular flexibility index (Phi) is 4.24. The van der Waals surface area contributed by atoms with Crippen LogP contribution in [-0.2, 0) is 6.42 Å². The number of ether oxygens (including phenoxy) is 1. The van der Waals surface area contributed by atoms with Crippen LogP contribution in [0, 0.1) is 0 Å². The molecule has 2 rings (SSSR count). The molecule has 0 bridgehead atoms. The van der Waals surface area contributed by atoms with Gasteiger partial charge in [0.25, 0.3) is 0 Å². The molecule has 1 aliphatic rings. The minimum atomic E-state index is 0.608. The summed E-state index contributed by atoms with van der Waals surface area (Å²) in [6.07, 6.45) is 4.98. The number of halogens is 1. The predicted octanol–water partition coefficient (Wildman–Crippen LogP) is 3.14. The second kappa shape index (κ2) is 5.69. The van der Waals surface area contributed by atoms with Gasteiger partial charge in [-0.2, -0.15) is 0 Å². The highest BCUT2D eigenvalue weighted by Crippen LogP contribution is 2.30. The first kappa shape index (κ1) is 11.9. The van der Waals surface area contributed by atoms with Crippen LogP contribution in [0.1, 0.15) is 24.8 Å². The fourth-order valence-corrected chi connectivity index (χ4v) is 2.88. The Hall–Kier alpha value is -0.540. The highest BCUT2D eigenvalue weighted by molar-refractivity contribution is 9.10. The van der Waals surface area contributed by atoms with Crippen LogP contribution in [0.4, 0.5) is 0 Å². The molecule has 1 saturated heterocycles. The summed E-state index contributed by atoms with van der Waals surface area (Å²) < 4.78 is 6.49. The minimum Gasteiger partial charge on any atom is -0.495 e. The fraction of sp³-hybridized carbons (Fsp3) is 0.538. The lowest BCUT2D eigenvalue weighted by Crippen LogP contribution is -2.35. The van der Waals surface area contributed by atoms with Crippen molar-refractivity contribution in [3.63, 3.8) is 0 Å². The Balaban J connectivity index is 2.10. The fourth-order valence-electron chi connectivity index (χ4n) is 2.31. The average Bonchev–Trinajstić information content (AvgIpc) is 2.31. The van der Waals surface area contributed by atoms with Crippen molar-refractivity contribution in [3.05, 3.63) is 28.2 Å². The molecule has 0 saturated carbocycles. The number of nitrogens with one attached hydrogen (secondary N) is 1. The highest BCUT2D eigenvalue weighted by Gasteiger charge is 2.16. The molecule has 1 atom stereocenters. The van der Waals surface area contributed by atoms with Crippen molar-refractivity contribution in [1.29, 1.82) is 0 Å². The largest absolute Gasteiger partial charge is 0.495 e. The van der Waals surface area contributed by atoms with E-state index in [-0.39, 0.29) is 0 Å². The summed E-state index contributed by atoms with van der Waals surface area (Å²) >= 11 is 3.53. The van der Waals surface area contributed by atoms with E-state index >= 15 is 0 Å². The lowest BCUT2D eigenvalue weighted by atomic mass is 9.97. The number of rotatable bonds is 3. The van der Waals surface area contributed by atoms with Crippen molar-refractivity contribution in [2.75, 3.05) is 13.7 Å². The maximum atomic E-state index is 5.44. The molecule has 1 aromatic rings. The molecule has 0 radical (unpaired) electrons. The van der Waals surface area contributed by atoms with E-state index in [9.17, 15) is 0 Å². The zero-order chi connectivity index (χ0) is 11.4. The number of methoxy groups -OCH3 is 1. The van der Waals surface area contributed by atoms with Crippen molar-refractivity contribution in [2.24, 2.45) is 0 Å². The molecule has 1 heterocycles. The number of hydrogen-bond donors (Lipinski definition) is 1. The van der Waals surface area contributed by atoms with Gasteiger partial charge in [0.05, 0.1) is 11.6 Å². The topological polar surface area (TPSA) is 21.3 Å². The third-order valence-corrected chi connectivity index (χ3v) is 3.76. The first-order chi connectivity index (χ1) is 7.81. The Bertz CT molecular complexity index is 348. The van der Waals surface area contributed by atoms with Crippen molar-refractivity contribution in [2.45, 2.75) is 31.7 Å². The molecule has 2 nitrogen and oxygen atoms in total. The molecule has 0 spiro atoms. The van der Waals surface area contributed by atoms with Gasteiger partial charge in [0.2, 0.25) is 0 Å². The molecule has 1 N–H and O–H groups in total. The number of hydrogen-bond acceptors (Lipinski definition) is 2. The van der Waals surface area contributed by atoms with E-state index in [1.54, 1.807) is 7.11 Å². The quantitative estimate of drug-likeness (QED) is 0.920. The maximum absolute atomic E-state index is 5.44. The van der Waals surface area contributed by atoms with E-state index in [2.05, 4.69) is 33.4 Å². The van der Waals surface area contributed by atoms with Crippen LogP contribution in [0.25, 0.3) is 0 Å². The monoisotopic (exact) mass is 283 g/mol. The van der Waals surface area contributed by atoms with E-state index in [1.807, 2.05) is 6.07 Å². The summed E-state index contributed by atoms with van der Waals surface area (Å²) in [4.78, 5) is 0. The Morgan fingerprint density at radius 2 is 2.31 bits per heavy atom. The summed E-state index contributed by atoms with van der Waals surface area (Å²) in [5.41, 5.74) is 1.29. The van der Waals surface area contributed by atoms with E-state index in [4.69, 9.17) is 4.74 Å². The summed E-state index contributed by atoms with van der Waals surface area (Å²) in [7, 11) is 1.73. The highest BCUT2D eigenvalue weighted by atomic mass is 79.9. The van der Waals surface area contributed by atoms with Crippen LogP contribution in [-0.4, -0.2) is 19.7 Å². The van der Waals surface area contributed by atoms with E-state index in [1.165, 1.54) is 24.8 Å². The van der Waals surface area contributed by atoms with Crippen molar-refractivity contribution >= 4 is 15.9 Å². The van der Waals surface area contributed by atoms with Crippen molar-refractivity contribution < 1.29 is 4.74 Å². The van der Waals surface area contributed by atoms with Gasteiger partial charge in [0.1, 0.15) is 5.75 Å². The van der Waals surface area contributed by atoms with Gasteiger partial charge in [-0.15, -0.1) is 0 Å². The van der Waals surface area contributed by atoms with Gasteiger partial charge in [-0.05, 0) is 53.4 Å². The molecule has 0 aromatic heterocycles. The smallest absolute Gasteiger partial charge is 0.136 e. The molecule has 1 unspecified atom stereocenters. The molecule has 3 heteroatoms.